The van der Waals surface area contributed by atoms with E-state index in [1.54, 1.807) is 0 Å². The molecule has 118 valence electrons. The van der Waals surface area contributed by atoms with Gasteiger partial charge in [0.15, 0.2) is 5.54 Å². The number of carbonyl (C=O) groups excluding carboxylic acids is 1. The van der Waals surface area contributed by atoms with Gasteiger partial charge in [0.2, 0.25) is 5.91 Å². The summed E-state index contributed by atoms with van der Waals surface area (Å²) in [6, 6.07) is 3.87. The van der Waals surface area contributed by atoms with Crippen LogP contribution >= 0.6 is 0 Å². The molecule has 2 heterocycles. The van der Waals surface area contributed by atoms with Gasteiger partial charge >= 0.3 is 5.97 Å². The quantitative estimate of drug-likeness (QED) is 0.875. The summed E-state index contributed by atoms with van der Waals surface area (Å²) in [7, 11) is 0. The molecule has 1 amide bonds. The molecule has 0 spiro atoms. The van der Waals surface area contributed by atoms with E-state index in [1.165, 1.54) is 0 Å². The van der Waals surface area contributed by atoms with Crippen LogP contribution in [-0.4, -0.2) is 42.3 Å². The molecular weight excluding hydrogens is 286 g/mol. The topological polar surface area (TPSA) is 84.9 Å². The second kappa shape index (κ2) is 5.28. The second-order valence-electron chi connectivity index (χ2n) is 6.02. The first-order chi connectivity index (χ1) is 10.4. The van der Waals surface area contributed by atoms with Gasteiger partial charge < -0.3 is 19.9 Å². The van der Waals surface area contributed by atoms with Gasteiger partial charge in [-0.05, 0) is 31.0 Å². The molecule has 2 N–H and O–H groups in total. The van der Waals surface area contributed by atoms with Crippen LogP contribution in [0, 0.1) is 13.8 Å². The Morgan fingerprint density at radius 2 is 2.05 bits per heavy atom. The van der Waals surface area contributed by atoms with Gasteiger partial charge in [-0.3, -0.25) is 4.79 Å². The number of hydrogen-bond donors (Lipinski definition) is 2. The lowest BCUT2D eigenvalue weighted by molar-refractivity contribution is -0.147. The number of nitrogens with one attached hydrogen (secondary N) is 1. The SMILES string of the molecule is Cc1cc2c(cc1C)C(C(=O)NC1(C(=O)O)CCOC1)CO2. The zero-order valence-electron chi connectivity index (χ0n) is 12.6. The van der Waals surface area contributed by atoms with Crippen LogP contribution < -0.4 is 10.1 Å². The average Bonchev–Trinajstić information content (AvgIpc) is 3.07. The monoisotopic (exact) mass is 305 g/mol. The van der Waals surface area contributed by atoms with Gasteiger partial charge in [0.25, 0.3) is 0 Å². The van der Waals surface area contributed by atoms with Gasteiger partial charge in [0.05, 0.1) is 6.61 Å². The number of aliphatic carboxylic acids is 1. The molecule has 6 heteroatoms. The fourth-order valence-corrected chi connectivity index (χ4v) is 2.90. The Balaban J connectivity index is 1.83. The highest BCUT2D eigenvalue weighted by Crippen LogP contribution is 2.36. The largest absolute Gasteiger partial charge is 0.492 e. The third-order valence-electron chi connectivity index (χ3n) is 4.52. The molecule has 1 aromatic carbocycles. The molecule has 2 unspecified atom stereocenters. The van der Waals surface area contributed by atoms with Crippen molar-refractivity contribution in [2.75, 3.05) is 19.8 Å². The zero-order chi connectivity index (χ0) is 15.9. The molecule has 6 nitrogen and oxygen atoms in total. The predicted octanol–water partition coefficient (Wildman–Crippen LogP) is 1.14. The molecule has 2 aliphatic heterocycles. The molecule has 2 atom stereocenters. The minimum atomic E-state index is -1.32. The van der Waals surface area contributed by atoms with Gasteiger partial charge in [-0.1, -0.05) is 6.07 Å². The van der Waals surface area contributed by atoms with E-state index >= 15 is 0 Å². The van der Waals surface area contributed by atoms with Gasteiger partial charge in [0, 0.05) is 18.6 Å². The van der Waals surface area contributed by atoms with Crippen LogP contribution in [0.4, 0.5) is 0 Å². The minimum Gasteiger partial charge on any atom is -0.492 e. The molecule has 2 aliphatic rings. The number of fused-ring (bicyclic) bond motifs is 1. The van der Waals surface area contributed by atoms with Crippen LogP contribution in [0.5, 0.6) is 5.75 Å². The van der Waals surface area contributed by atoms with Crippen molar-refractivity contribution in [3.63, 3.8) is 0 Å². The van der Waals surface area contributed by atoms with Gasteiger partial charge in [0.1, 0.15) is 18.3 Å². The highest BCUT2D eigenvalue weighted by molar-refractivity contribution is 5.91. The third-order valence-corrected chi connectivity index (χ3v) is 4.52. The van der Waals surface area contributed by atoms with E-state index in [9.17, 15) is 14.7 Å². The Labute approximate surface area is 128 Å². The van der Waals surface area contributed by atoms with Crippen LogP contribution in [-0.2, 0) is 14.3 Å². The summed E-state index contributed by atoms with van der Waals surface area (Å²) in [5.41, 5.74) is 1.69. The standard InChI is InChI=1S/C16H19NO5/c1-9-5-11-12(7-22-13(11)6-10(9)2)14(18)17-16(15(19)20)3-4-21-8-16/h5-6,12H,3-4,7-8H2,1-2H3,(H,17,18)(H,19,20). The Morgan fingerprint density at radius 1 is 1.32 bits per heavy atom. The molecular formula is C16H19NO5. The third kappa shape index (κ3) is 2.33. The maximum atomic E-state index is 12.6. The summed E-state index contributed by atoms with van der Waals surface area (Å²) in [6.07, 6.45) is 0.279. The molecule has 0 aliphatic carbocycles. The number of carboxylic acid groups (broad SMARTS) is 1. The number of rotatable bonds is 3. The highest BCUT2D eigenvalue weighted by atomic mass is 16.5. The van der Waals surface area contributed by atoms with E-state index in [2.05, 4.69) is 5.32 Å². The van der Waals surface area contributed by atoms with Crippen molar-refractivity contribution in [2.24, 2.45) is 0 Å². The first kappa shape index (κ1) is 14.8. The summed E-state index contributed by atoms with van der Waals surface area (Å²) in [6.45, 7) is 4.54. The van der Waals surface area contributed by atoms with Crippen LogP contribution in [0.1, 0.15) is 29.0 Å². The molecule has 1 saturated heterocycles. The predicted molar refractivity (Wildman–Crippen MR) is 78.1 cm³/mol. The Kier molecular flexibility index (Phi) is 3.56. The lowest BCUT2D eigenvalue weighted by Crippen LogP contribution is -2.56. The second-order valence-corrected chi connectivity index (χ2v) is 6.02. The number of carboxylic acids is 1. The molecule has 0 saturated carbocycles. The van der Waals surface area contributed by atoms with E-state index in [-0.39, 0.29) is 25.5 Å². The Morgan fingerprint density at radius 3 is 2.68 bits per heavy atom. The van der Waals surface area contributed by atoms with Crippen molar-refractivity contribution >= 4 is 11.9 Å². The fourth-order valence-electron chi connectivity index (χ4n) is 2.90. The molecule has 1 aromatic rings. The highest BCUT2D eigenvalue weighted by Gasteiger charge is 2.46. The van der Waals surface area contributed by atoms with E-state index < -0.39 is 17.4 Å². The number of hydrogen-bond acceptors (Lipinski definition) is 4. The summed E-state index contributed by atoms with van der Waals surface area (Å²) >= 11 is 0. The maximum absolute atomic E-state index is 12.6. The Hall–Kier alpha value is -2.08. The number of amides is 1. The lowest BCUT2D eigenvalue weighted by Gasteiger charge is -2.25. The van der Waals surface area contributed by atoms with E-state index in [0.717, 1.165) is 16.7 Å². The molecule has 1 fully saturated rings. The van der Waals surface area contributed by atoms with Crippen molar-refractivity contribution in [2.45, 2.75) is 31.7 Å². The molecule has 0 bridgehead atoms. The van der Waals surface area contributed by atoms with Crippen molar-refractivity contribution in [1.29, 1.82) is 0 Å². The fraction of sp³-hybridized carbons (Fsp3) is 0.500. The van der Waals surface area contributed by atoms with Crippen molar-refractivity contribution < 1.29 is 24.2 Å². The van der Waals surface area contributed by atoms with Crippen molar-refractivity contribution in [1.82, 2.24) is 5.32 Å². The molecule has 0 radical (unpaired) electrons. The van der Waals surface area contributed by atoms with Gasteiger partial charge in [-0.15, -0.1) is 0 Å². The summed E-state index contributed by atoms with van der Waals surface area (Å²) in [5.74, 6) is -1.16. The minimum absolute atomic E-state index is 0.00142. The van der Waals surface area contributed by atoms with Gasteiger partial charge in [-0.25, -0.2) is 4.79 Å². The first-order valence-corrected chi connectivity index (χ1v) is 7.30. The number of carbonyl (C=O) groups is 2. The summed E-state index contributed by atoms with van der Waals surface area (Å²) in [4.78, 5) is 24.1. The first-order valence-electron chi connectivity index (χ1n) is 7.30. The van der Waals surface area contributed by atoms with E-state index in [4.69, 9.17) is 9.47 Å². The smallest absolute Gasteiger partial charge is 0.331 e. The van der Waals surface area contributed by atoms with Crippen LogP contribution in [0.3, 0.4) is 0 Å². The lowest BCUT2D eigenvalue weighted by atomic mass is 9.93. The van der Waals surface area contributed by atoms with Crippen molar-refractivity contribution in [3.05, 3.63) is 28.8 Å². The summed E-state index contributed by atoms with van der Waals surface area (Å²) < 4.78 is 10.7. The van der Waals surface area contributed by atoms with Crippen molar-refractivity contribution in [3.8, 4) is 5.75 Å². The maximum Gasteiger partial charge on any atom is 0.331 e. The average molecular weight is 305 g/mol. The normalized spacial score (nSPS) is 26.4. The number of benzene rings is 1. The molecule has 3 rings (SSSR count). The number of aryl methyl sites for hydroxylation is 2. The van der Waals surface area contributed by atoms with E-state index in [1.807, 2.05) is 26.0 Å². The summed E-state index contributed by atoms with van der Waals surface area (Å²) in [5, 5.41) is 12.1. The van der Waals surface area contributed by atoms with Crippen LogP contribution in [0.25, 0.3) is 0 Å². The number of ether oxygens (including phenoxy) is 2. The van der Waals surface area contributed by atoms with E-state index in [0.29, 0.717) is 12.4 Å². The van der Waals surface area contributed by atoms with Crippen LogP contribution in [0.15, 0.2) is 12.1 Å². The molecule has 0 aromatic heterocycles. The molecule has 22 heavy (non-hydrogen) atoms. The Bertz CT molecular complexity index is 634. The van der Waals surface area contributed by atoms with Gasteiger partial charge in [-0.2, -0.15) is 0 Å². The zero-order valence-corrected chi connectivity index (χ0v) is 12.6. The van der Waals surface area contributed by atoms with Crippen LogP contribution in [0.2, 0.25) is 0 Å².